The number of halogens is 3. The van der Waals surface area contributed by atoms with Crippen LogP contribution >= 0.6 is 0 Å². The molecule has 5 heterocycles. The predicted molar refractivity (Wildman–Crippen MR) is 238 cm³/mol. The number of nitrogens with one attached hydrogen (secondary N) is 4. The molecule has 0 bridgehead atoms. The Hall–Kier alpha value is -6.51. The summed E-state index contributed by atoms with van der Waals surface area (Å²) in [6, 6.07) is 15.0. The largest absolute Gasteiger partial charge is 0.389 e. The Labute approximate surface area is 373 Å². The van der Waals surface area contributed by atoms with E-state index in [1.54, 1.807) is 36.2 Å². The van der Waals surface area contributed by atoms with E-state index >= 15 is 13.2 Å². The standard InChI is InChI=1S/C45H48F3N9O7S/c1-3-54(2)65(63,64)53-35-10-9-33(46)40(41(35)48)42(60)32-26-50-43-31(32)22-28(25-49-43)27-4-7-30(8-5-27)55-18-20-57(21-19-55)39(59)24-45(62)14-16-56(17-15-45)37-12-6-29(23-34(37)47)51-36-11-13-38(58)52-44(36)61/h4-10,12,22-23,25-26,36,51,53,62H,3,11,13-21,24H2,1-2H3,(H,49,50)(H,52,58,61)/t36-/m1/s1. The number of aromatic amines is 1. The Kier molecular flexibility index (Phi) is 12.6. The highest BCUT2D eigenvalue weighted by molar-refractivity contribution is 7.90. The second-order valence-corrected chi connectivity index (χ2v) is 18.4. The molecule has 20 heteroatoms. The number of aliphatic hydroxyl groups is 1. The summed E-state index contributed by atoms with van der Waals surface area (Å²) in [6.07, 6.45) is 3.93. The number of carbonyl (C=O) groups is 4. The summed E-state index contributed by atoms with van der Waals surface area (Å²) in [7, 11) is -2.87. The molecule has 342 valence electrons. The van der Waals surface area contributed by atoms with E-state index in [2.05, 4.69) is 30.2 Å². The van der Waals surface area contributed by atoms with Crippen molar-refractivity contribution in [3.63, 3.8) is 0 Å². The van der Waals surface area contributed by atoms with Gasteiger partial charge in [0.2, 0.25) is 23.5 Å². The quantitative estimate of drug-likeness (QED) is 0.0805. The van der Waals surface area contributed by atoms with Gasteiger partial charge in [-0.1, -0.05) is 19.1 Å². The summed E-state index contributed by atoms with van der Waals surface area (Å²) in [5, 5.41) is 17.0. The van der Waals surface area contributed by atoms with Crippen LogP contribution in [0.5, 0.6) is 0 Å². The monoisotopic (exact) mass is 915 g/mol. The average Bonchev–Trinajstić information content (AvgIpc) is 3.72. The number of hydrogen-bond acceptors (Lipinski definition) is 11. The van der Waals surface area contributed by atoms with Gasteiger partial charge in [0.15, 0.2) is 5.82 Å². The molecule has 8 rings (SSSR count). The van der Waals surface area contributed by atoms with Crippen LogP contribution in [0.4, 0.5) is 35.9 Å². The summed E-state index contributed by atoms with van der Waals surface area (Å²) in [5.74, 6) is -4.93. The van der Waals surface area contributed by atoms with Gasteiger partial charge < -0.3 is 30.1 Å². The second kappa shape index (κ2) is 18.2. The number of piperazine rings is 1. The number of ketones is 1. The first kappa shape index (κ1) is 45.1. The number of aromatic nitrogens is 2. The Morgan fingerprint density at radius 1 is 0.923 bits per heavy atom. The summed E-state index contributed by atoms with van der Waals surface area (Å²) in [6.45, 7) is 4.37. The number of benzene rings is 3. The molecule has 0 radical (unpaired) electrons. The number of piperidine rings is 2. The molecular weight excluding hydrogens is 868 g/mol. The Balaban J connectivity index is 0.851. The summed E-state index contributed by atoms with van der Waals surface area (Å²) in [5.41, 5.74) is 0.603. The van der Waals surface area contributed by atoms with Crippen LogP contribution < -0.4 is 25.2 Å². The first-order valence-electron chi connectivity index (χ1n) is 21.3. The lowest BCUT2D eigenvalue weighted by atomic mass is 9.87. The average molecular weight is 916 g/mol. The number of imide groups is 1. The van der Waals surface area contributed by atoms with Gasteiger partial charge in [-0.2, -0.15) is 12.7 Å². The zero-order valence-corrected chi connectivity index (χ0v) is 36.5. The number of amides is 3. The molecule has 0 aliphatic carbocycles. The van der Waals surface area contributed by atoms with E-state index in [4.69, 9.17) is 0 Å². The Morgan fingerprint density at radius 3 is 2.32 bits per heavy atom. The number of nitrogens with zero attached hydrogens (tertiary/aromatic N) is 5. The number of carbonyl (C=O) groups excluding carboxylic acids is 4. The van der Waals surface area contributed by atoms with Crippen LogP contribution in [0.15, 0.2) is 73.1 Å². The molecule has 5 aromatic rings. The highest BCUT2D eigenvalue weighted by Gasteiger charge is 2.37. The summed E-state index contributed by atoms with van der Waals surface area (Å²) >= 11 is 0. The molecule has 0 unspecified atom stereocenters. The molecule has 3 amide bonds. The van der Waals surface area contributed by atoms with E-state index in [0.29, 0.717) is 73.7 Å². The Morgan fingerprint density at radius 2 is 1.65 bits per heavy atom. The molecule has 3 aliphatic heterocycles. The third-order valence-corrected chi connectivity index (χ3v) is 14.0. The molecule has 2 aromatic heterocycles. The molecule has 3 fully saturated rings. The van der Waals surface area contributed by atoms with Crippen molar-refractivity contribution in [2.75, 3.05) is 72.7 Å². The molecule has 0 spiro atoms. The van der Waals surface area contributed by atoms with Crippen molar-refractivity contribution in [2.45, 2.75) is 50.7 Å². The smallest absolute Gasteiger partial charge is 0.301 e. The van der Waals surface area contributed by atoms with E-state index in [9.17, 15) is 32.7 Å². The molecule has 1 atom stereocenters. The van der Waals surface area contributed by atoms with Crippen molar-refractivity contribution < 1.29 is 45.9 Å². The fraction of sp³-hybridized carbons (Fsp3) is 0.356. The number of fused-ring (bicyclic) bond motifs is 1. The molecule has 5 N–H and O–H groups in total. The van der Waals surface area contributed by atoms with E-state index in [1.165, 1.54) is 19.3 Å². The molecule has 3 aromatic carbocycles. The van der Waals surface area contributed by atoms with E-state index < -0.39 is 62.2 Å². The van der Waals surface area contributed by atoms with Crippen molar-refractivity contribution in [1.29, 1.82) is 0 Å². The zero-order valence-electron chi connectivity index (χ0n) is 35.7. The number of H-pyrrole nitrogens is 1. The van der Waals surface area contributed by atoms with Crippen LogP contribution in [0.25, 0.3) is 22.2 Å². The van der Waals surface area contributed by atoms with Gasteiger partial charge in [0.1, 0.15) is 23.3 Å². The third-order valence-electron chi connectivity index (χ3n) is 12.4. The van der Waals surface area contributed by atoms with Gasteiger partial charge in [-0.3, -0.25) is 29.2 Å². The lowest BCUT2D eigenvalue weighted by Crippen LogP contribution is -2.52. The van der Waals surface area contributed by atoms with Crippen LogP contribution in [0.3, 0.4) is 0 Å². The number of anilines is 4. The molecular formula is C45H48F3N9O7S. The van der Waals surface area contributed by atoms with Gasteiger partial charge in [0, 0.05) is 99.6 Å². The highest BCUT2D eigenvalue weighted by Crippen LogP contribution is 2.34. The molecule has 65 heavy (non-hydrogen) atoms. The minimum absolute atomic E-state index is 0.0473. The predicted octanol–water partition coefficient (Wildman–Crippen LogP) is 4.77. The zero-order chi connectivity index (χ0) is 46.2. The first-order valence-corrected chi connectivity index (χ1v) is 22.7. The number of rotatable bonds is 13. The van der Waals surface area contributed by atoms with E-state index in [0.717, 1.165) is 27.7 Å². The number of hydrogen-bond donors (Lipinski definition) is 5. The second-order valence-electron chi connectivity index (χ2n) is 16.6. The molecule has 0 saturated carbocycles. The third kappa shape index (κ3) is 9.50. The van der Waals surface area contributed by atoms with Crippen molar-refractivity contribution in [3.8, 4) is 11.1 Å². The van der Waals surface area contributed by atoms with Crippen LogP contribution in [0, 0.1) is 17.5 Å². The van der Waals surface area contributed by atoms with Crippen molar-refractivity contribution in [3.05, 3.63) is 102 Å². The SMILES string of the molecule is CCN(C)S(=O)(=O)Nc1ccc(F)c(C(=O)c2c[nH]c3ncc(-c4ccc(N5CCN(C(=O)CC6(O)CCN(c7ccc(N[C@@H]8CCC(=O)NC8=O)cc7F)CC6)CC5)cc4)cc23)c1F. The summed E-state index contributed by atoms with van der Waals surface area (Å²) in [4.78, 5) is 63.7. The maximum atomic E-state index is 15.6. The van der Waals surface area contributed by atoms with Crippen LogP contribution in [-0.4, -0.2) is 121 Å². The van der Waals surface area contributed by atoms with Gasteiger partial charge in [0.05, 0.1) is 29.0 Å². The van der Waals surface area contributed by atoms with E-state index in [1.807, 2.05) is 29.2 Å². The first-order chi connectivity index (χ1) is 31.0. The van der Waals surface area contributed by atoms with Gasteiger partial charge in [-0.05, 0) is 73.4 Å². The molecule has 16 nitrogen and oxygen atoms in total. The number of pyridine rings is 1. The summed E-state index contributed by atoms with van der Waals surface area (Å²) < 4.78 is 74.0. The molecule has 3 aliphatic rings. The van der Waals surface area contributed by atoms with Crippen LogP contribution in [0.1, 0.15) is 54.9 Å². The van der Waals surface area contributed by atoms with Gasteiger partial charge in [0.25, 0.3) is 0 Å². The Bertz CT molecular complexity index is 2770. The fourth-order valence-corrected chi connectivity index (χ4v) is 9.34. The van der Waals surface area contributed by atoms with Gasteiger partial charge in [-0.15, -0.1) is 0 Å². The fourth-order valence-electron chi connectivity index (χ4n) is 8.41. The maximum Gasteiger partial charge on any atom is 0.301 e. The lowest BCUT2D eigenvalue weighted by molar-refractivity contribution is -0.138. The van der Waals surface area contributed by atoms with Gasteiger partial charge >= 0.3 is 10.2 Å². The topological polar surface area (TPSA) is 200 Å². The van der Waals surface area contributed by atoms with Crippen molar-refractivity contribution >= 4 is 67.5 Å². The van der Waals surface area contributed by atoms with Gasteiger partial charge in [-0.25, -0.2) is 18.2 Å². The normalized spacial score (nSPS) is 18.0. The molecule has 3 saturated heterocycles. The maximum absolute atomic E-state index is 15.6. The lowest BCUT2D eigenvalue weighted by Gasteiger charge is -2.41. The van der Waals surface area contributed by atoms with E-state index in [-0.39, 0.29) is 49.6 Å². The minimum Gasteiger partial charge on any atom is -0.389 e. The minimum atomic E-state index is -4.16. The van der Waals surface area contributed by atoms with Crippen LogP contribution in [-0.2, 0) is 24.6 Å². The highest BCUT2D eigenvalue weighted by atomic mass is 32.2. The van der Waals surface area contributed by atoms with Crippen molar-refractivity contribution in [1.82, 2.24) is 24.5 Å². The van der Waals surface area contributed by atoms with Crippen molar-refractivity contribution in [2.24, 2.45) is 0 Å². The van der Waals surface area contributed by atoms with Crippen LogP contribution in [0.2, 0.25) is 0 Å².